The van der Waals surface area contributed by atoms with Gasteiger partial charge in [0.2, 0.25) is 21.1 Å². The molecule has 0 unspecified atom stereocenters. The van der Waals surface area contributed by atoms with Gasteiger partial charge in [-0.2, -0.15) is 4.68 Å². The molecule has 0 aliphatic heterocycles. The third-order valence-corrected chi connectivity index (χ3v) is 5.68. The van der Waals surface area contributed by atoms with E-state index in [0.717, 1.165) is 16.8 Å². The summed E-state index contributed by atoms with van der Waals surface area (Å²) in [5.74, 6) is -0.189. The van der Waals surface area contributed by atoms with Gasteiger partial charge < -0.3 is 5.32 Å². The summed E-state index contributed by atoms with van der Waals surface area (Å²) >= 11 is 1.20. The predicted octanol–water partition coefficient (Wildman–Crippen LogP) is 1.66. The molecule has 3 aromatic rings. The third-order valence-electron chi connectivity index (χ3n) is 3.83. The maximum absolute atomic E-state index is 12.2. The Hall–Kier alpha value is -2.76. The van der Waals surface area contributed by atoms with Gasteiger partial charge in [-0.3, -0.25) is 4.79 Å². The van der Waals surface area contributed by atoms with E-state index in [2.05, 4.69) is 20.8 Å². The van der Waals surface area contributed by atoms with Crippen LogP contribution in [-0.4, -0.2) is 40.3 Å². The molecule has 3 N–H and O–H groups in total. The molecule has 2 aromatic carbocycles. The summed E-state index contributed by atoms with van der Waals surface area (Å²) in [6.07, 6.45) is 0. The van der Waals surface area contributed by atoms with Crippen LogP contribution in [0.15, 0.2) is 52.5 Å². The largest absolute Gasteiger partial charge is 0.325 e. The normalized spacial score (nSPS) is 11.4. The number of hydrogen-bond acceptors (Lipinski definition) is 7. The first-order chi connectivity index (χ1) is 13.2. The van der Waals surface area contributed by atoms with Crippen LogP contribution in [0.25, 0.3) is 5.69 Å². The van der Waals surface area contributed by atoms with Crippen LogP contribution in [0.2, 0.25) is 0 Å². The highest BCUT2D eigenvalue weighted by Gasteiger charge is 2.14. The summed E-state index contributed by atoms with van der Waals surface area (Å²) in [7, 11) is -3.77. The van der Waals surface area contributed by atoms with Gasteiger partial charge in [-0.25, -0.2) is 13.6 Å². The number of rotatable bonds is 6. The SMILES string of the molecule is Cc1ccc(C)c(-n2nnnc2SCC(=O)Nc2ccc(S(N)(=O)=O)cc2)c1. The lowest BCUT2D eigenvalue weighted by Crippen LogP contribution is -2.15. The molecule has 0 saturated heterocycles. The van der Waals surface area contributed by atoms with Gasteiger partial charge in [0.15, 0.2) is 0 Å². The summed E-state index contributed by atoms with van der Waals surface area (Å²) in [5.41, 5.74) is 3.41. The Morgan fingerprint density at radius 3 is 2.57 bits per heavy atom. The molecule has 0 bridgehead atoms. The summed E-state index contributed by atoms with van der Waals surface area (Å²) in [4.78, 5) is 12.2. The second kappa shape index (κ2) is 8.09. The number of amides is 1. The Morgan fingerprint density at radius 1 is 1.18 bits per heavy atom. The number of benzene rings is 2. The topological polar surface area (TPSA) is 133 Å². The minimum absolute atomic E-state index is 0.0208. The van der Waals surface area contributed by atoms with Crippen molar-refractivity contribution >= 4 is 33.4 Å². The zero-order valence-electron chi connectivity index (χ0n) is 15.2. The van der Waals surface area contributed by atoms with Crippen molar-refractivity contribution in [2.75, 3.05) is 11.1 Å². The zero-order valence-corrected chi connectivity index (χ0v) is 16.8. The third kappa shape index (κ3) is 4.74. The van der Waals surface area contributed by atoms with E-state index in [4.69, 9.17) is 5.14 Å². The summed E-state index contributed by atoms with van der Waals surface area (Å²) in [6.45, 7) is 3.94. The first kappa shape index (κ1) is 20.0. The van der Waals surface area contributed by atoms with Crippen molar-refractivity contribution in [2.24, 2.45) is 5.14 Å². The molecule has 146 valence electrons. The highest BCUT2D eigenvalue weighted by molar-refractivity contribution is 7.99. The van der Waals surface area contributed by atoms with Gasteiger partial charge in [-0.05, 0) is 65.7 Å². The van der Waals surface area contributed by atoms with Crippen LogP contribution in [-0.2, 0) is 14.8 Å². The number of tetrazole rings is 1. The van der Waals surface area contributed by atoms with Gasteiger partial charge in [0.05, 0.1) is 16.3 Å². The summed E-state index contributed by atoms with van der Waals surface area (Å²) < 4.78 is 24.1. The number of aryl methyl sites for hydroxylation is 2. The number of hydrogen-bond donors (Lipinski definition) is 2. The van der Waals surface area contributed by atoms with Crippen LogP contribution >= 0.6 is 11.8 Å². The van der Waals surface area contributed by atoms with Crippen LogP contribution in [0.4, 0.5) is 5.69 Å². The number of carbonyl (C=O) groups is 1. The molecule has 11 heteroatoms. The van der Waals surface area contributed by atoms with E-state index in [0.29, 0.717) is 10.8 Å². The Bertz CT molecular complexity index is 1110. The number of thioether (sulfide) groups is 1. The van der Waals surface area contributed by atoms with Crippen LogP contribution in [0.3, 0.4) is 0 Å². The van der Waals surface area contributed by atoms with Crippen molar-refractivity contribution in [2.45, 2.75) is 23.9 Å². The van der Waals surface area contributed by atoms with Gasteiger partial charge in [0.1, 0.15) is 0 Å². The second-order valence-corrected chi connectivity index (χ2v) is 8.57. The highest BCUT2D eigenvalue weighted by Crippen LogP contribution is 2.22. The van der Waals surface area contributed by atoms with Crippen molar-refractivity contribution in [3.8, 4) is 5.69 Å². The highest BCUT2D eigenvalue weighted by atomic mass is 32.2. The van der Waals surface area contributed by atoms with Crippen molar-refractivity contribution in [3.05, 3.63) is 53.6 Å². The summed E-state index contributed by atoms with van der Waals surface area (Å²) in [6, 6.07) is 11.6. The molecule has 9 nitrogen and oxygen atoms in total. The Kier molecular flexibility index (Phi) is 5.77. The van der Waals surface area contributed by atoms with Crippen molar-refractivity contribution in [3.63, 3.8) is 0 Å². The van der Waals surface area contributed by atoms with Crippen LogP contribution in [0.5, 0.6) is 0 Å². The number of nitrogens with zero attached hydrogens (tertiary/aromatic N) is 4. The van der Waals surface area contributed by atoms with Crippen LogP contribution in [0.1, 0.15) is 11.1 Å². The van der Waals surface area contributed by atoms with Gasteiger partial charge in [-0.1, -0.05) is 23.9 Å². The predicted molar refractivity (Wildman–Crippen MR) is 106 cm³/mol. The Labute approximate surface area is 166 Å². The van der Waals surface area contributed by atoms with E-state index >= 15 is 0 Å². The summed E-state index contributed by atoms with van der Waals surface area (Å²) in [5, 5.41) is 19.9. The van der Waals surface area contributed by atoms with E-state index in [9.17, 15) is 13.2 Å². The molecular weight excluding hydrogens is 400 g/mol. The number of aromatic nitrogens is 4. The van der Waals surface area contributed by atoms with Gasteiger partial charge in [-0.15, -0.1) is 5.10 Å². The van der Waals surface area contributed by atoms with Crippen molar-refractivity contribution < 1.29 is 13.2 Å². The van der Waals surface area contributed by atoms with Gasteiger partial charge in [0, 0.05) is 5.69 Å². The van der Waals surface area contributed by atoms with Crippen molar-refractivity contribution in [1.82, 2.24) is 20.2 Å². The number of anilines is 1. The molecule has 0 spiro atoms. The minimum Gasteiger partial charge on any atom is -0.325 e. The minimum atomic E-state index is -3.77. The van der Waals surface area contributed by atoms with E-state index < -0.39 is 10.0 Å². The smallest absolute Gasteiger partial charge is 0.238 e. The molecule has 0 saturated carbocycles. The number of nitrogens with one attached hydrogen (secondary N) is 1. The van der Waals surface area contributed by atoms with E-state index in [-0.39, 0.29) is 16.6 Å². The number of sulfonamides is 1. The standard InChI is InChI=1S/C17H18N6O3S2/c1-11-3-4-12(2)15(9-11)23-17(20-21-22-23)27-10-16(24)19-13-5-7-14(8-6-13)28(18,25)26/h3-9H,10H2,1-2H3,(H,19,24)(H2,18,25,26). The maximum atomic E-state index is 12.2. The zero-order chi connectivity index (χ0) is 20.3. The average molecular weight is 419 g/mol. The molecular formula is C17H18N6O3S2. The van der Waals surface area contributed by atoms with Gasteiger partial charge in [0.25, 0.3) is 0 Å². The number of nitrogens with two attached hydrogens (primary N) is 1. The fraction of sp³-hybridized carbons (Fsp3) is 0.176. The first-order valence-electron chi connectivity index (χ1n) is 8.15. The Morgan fingerprint density at radius 2 is 1.89 bits per heavy atom. The monoisotopic (exact) mass is 418 g/mol. The lowest BCUT2D eigenvalue weighted by molar-refractivity contribution is -0.113. The molecule has 0 aliphatic carbocycles. The van der Waals surface area contributed by atoms with Crippen LogP contribution in [0, 0.1) is 13.8 Å². The molecule has 1 amide bonds. The molecule has 1 aromatic heterocycles. The quantitative estimate of drug-likeness (QED) is 0.582. The molecule has 0 fully saturated rings. The number of primary sulfonamides is 1. The Balaban J connectivity index is 1.66. The molecule has 0 radical (unpaired) electrons. The fourth-order valence-electron chi connectivity index (χ4n) is 2.42. The van der Waals surface area contributed by atoms with E-state index in [1.165, 1.54) is 36.0 Å². The molecule has 1 heterocycles. The lowest BCUT2D eigenvalue weighted by atomic mass is 10.1. The first-order valence-corrected chi connectivity index (χ1v) is 10.7. The average Bonchev–Trinajstić information content (AvgIpc) is 3.10. The fourth-order valence-corrected chi connectivity index (χ4v) is 3.62. The molecule has 0 atom stereocenters. The number of carbonyl (C=O) groups excluding carboxylic acids is 1. The molecule has 3 rings (SSSR count). The maximum Gasteiger partial charge on any atom is 0.238 e. The molecule has 28 heavy (non-hydrogen) atoms. The van der Waals surface area contributed by atoms with Gasteiger partial charge >= 0.3 is 0 Å². The second-order valence-electron chi connectivity index (χ2n) is 6.07. The van der Waals surface area contributed by atoms with E-state index in [1.54, 1.807) is 4.68 Å². The molecule has 0 aliphatic rings. The van der Waals surface area contributed by atoms with Crippen LogP contribution < -0.4 is 10.5 Å². The van der Waals surface area contributed by atoms with E-state index in [1.807, 2.05) is 32.0 Å². The lowest BCUT2D eigenvalue weighted by Gasteiger charge is -2.09. The van der Waals surface area contributed by atoms with Crippen molar-refractivity contribution in [1.29, 1.82) is 0 Å².